The Morgan fingerprint density at radius 1 is 0.857 bits per heavy atom. The minimum atomic E-state index is -3.77. The molecule has 0 saturated carbocycles. The molecular weight excluding hydrogens is 576 g/mol. The van der Waals surface area contributed by atoms with Crippen molar-refractivity contribution in [2.45, 2.75) is 12.1 Å². The molecule has 2 unspecified atom stereocenters. The van der Waals surface area contributed by atoms with Crippen LogP contribution < -0.4 is 5.32 Å². The van der Waals surface area contributed by atoms with E-state index in [9.17, 15) is 53.1 Å². The van der Waals surface area contributed by atoms with Gasteiger partial charge in [-0.25, -0.2) is 18.0 Å². The van der Waals surface area contributed by atoms with E-state index >= 15 is 0 Å². The van der Waals surface area contributed by atoms with E-state index in [2.05, 4.69) is 5.32 Å². The molecule has 1 heterocycles. The molecule has 1 aliphatic rings. The number of carbonyl (C=O) groups is 4. The lowest BCUT2D eigenvalue weighted by molar-refractivity contribution is 0.0275. The van der Waals surface area contributed by atoms with Crippen LogP contribution in [-0.2, 0) is 14.8 Å². The van der Waals surface area contributed by atoms with Gasteiger partial charge in [-0.15, -0.1) is 0 Å². The number of carboxylic acid groups (broad SMARTS) is 1. The van der Waals surface area contributed by atoms with Crippen molar-refractivity contribution < 1.29 is 57.9 Å². The zero-order valence-corrected chi connectivity index (χ0v) is 22.5. The van der Waals surface area contributed by atoms with Crippen LogP contribution in [0.1, 0.15) is 47.0 Å². The summed E-state index contributed by atoms with van der Waals surface area (Å²) in [5.41, 5.74) is -2.41. The number of esters is 1. The number of amides is 1. The lowest BCUT2D eigenvalue weighted by Gasteiger charge is -2.20. The molecule has 1 fully saturated rings. The Hall–Kier alpha value is -5.15. The van der Waals surface area contributed by atoms with Gasteiger partial charge in [0.1, 0.15) is 34.7 Å². The second kappa shape index (κ2) is 11.4. The van der Waals surface area contributed by atoms with Gasteiger partial charge in [0.15, 0.2) is 0 Å². The number of aromatic hydroxyl groups is 4. The van der Waals surface area contributed by atoms with Gasteiger partial charge in [-0.3, -0.25) is 9.59 Å². The van der Waals surface area contributed by atoms with E-state index in [1.54, 1.807) is 0 Å². The van der Waals surface area contributed by atoms with Crippen molar-refractivity contribution in [1.82, 2.24) is 9.62 Å². The molecule has 4 rings (SSSR count). The molecule has 1 saturated heterocycles. The van der Waals surface area contributed by atoms with Gasteiger partial charge in [-0.1, -0.05) is 6.07 Å². The third-order valence-corrected chi connectivity index (χ3v) is 7.70. The van der Waals surface area contributed by atoms with Crippen LogP contribution in [0.25, 0.3) is 0 Å². The number of phenols is 4. The van der Waals surface area contributed by atoms with Crippen LogP contribution in [-0.4, -0.2) is 93.4 Å². The van der Waals surface area contributed by atoms with Crippen molar-refractivity contribution in [1.29, 1.82) is 0 Å². The highest BCUT2D eigenvalue weighted by Gasteiger charge is 2.41. The van der Waals surface area contributed by atoms with E-state index in [-0.39, 0.29) is 24.4 Å². The lowest BCUT2D eigenvalue weighted by atomic mass is 9.95. The molecule has 0 spiro atoms. The molecule has 1 amide bonds. The van der Waals surface area contributed by atoms with Crippen molar-refractivity contribution >= 4 is 33.7 Å². The predicted molar refractivity (Wildman–Crippen MR) is 143 cm³/mol. The van der Waals surface area contributed by atoms with E-state index in [1.807, 2.05) is 0 Å². The number of benzene rings is 3. The number of ketones is 1. The third kappa shape index (κ3) is 6.11. The normalized spacial score (nSPS) is 17.0. The molecule has 3 aromatic carbocycles. The van der Waals surface area contributed by atoms with E-state index in [4.69, 9.17) is 4.74 Å². The first kappa shape index (κ1) is 29.8. The highest BCUT2D eigenvalue weighted by Crippen LogP contribution is 2.35. The number of hydrogen-bond donors (Lipinski definition) is 6. The largest absolute Gasteiger partial charge is 0.508 e. The Bertz CT molecular complexity index is 1680. The maximum Gasteiger partial charge on any atom is 0.338 e. The van der Waals surface area contributed by atoms with Crippen LogP contribution in [0, 0.1) is 0 Å². The molecule has 0 radical (unpaired) electrons. The van der Waals surface area contributed by atoms with Crippen molar-refractivity contribution in [3.63, 3.8) is 0 Å². The van der Waals surface area contributed by atoms with Crippen molar-refractivity contribution in [2.75, 3.05) is 19.3 Å². The summed E-state index contributed by atoms with van der Waals surface area (Å²) in [6.07, 6.45) is -0.277. The molecular formula is C27H24N2O12S. The Morgan fingerprint density at radius 2 is 1.48 bits per heavy atom. The number of sulfonamides is 1. The van der Waals surface area contributed by atoms with E-state index < -0.39 is 85.3 Å². The Morgan fingerprint density at radius 3 is 2.05 bits per heavy atom. The molecule has 42 heavy (non-hydrogen) atoms. The first-order valence-electron chi connectivity index (χ1n) is 12.1. The van der Waals surface area contributed by atoms with Gasteiger partial charge in [0.2, 0.25) is 15.8 Å². The summed E-state index contributed by atoms with van der Waals surface area (Å²) in [7, 11) is -3.77. The minimum Gasteiger partial charge on any atom is -0.508 e. The molecule has 220 valence electrons. The molecule has 0 bridgehead atoms. The van der Waals surface area contributed by atoms with Crippen molar-refractivity contribution in [3.8, 4) is 23.0 Å². The highest BCUT2D eigenvalue weighted by molar-refractivity contribution is 7.88. The minimum absolute atomic E-state index is 0.0791. The molecule has 0 aliphatic carbocycles. The molecule has 0 aromatic heterocycles. The molecule has 1 aliphatic heterocycles. The SMILES string of the molecule is CS(=O)(=O)N1CC(NC(=O)c2ccc(O)cc2)C(OC(=O)c2cc(O)c(C(=O)c3c(O)cccc3C(=O)O)c(O)c2)C1. The monoisotopic (exact) mass is 600 g/mol. The number of aromatic carboxylic acids is 1. The van der Waals surface area contributed by atoms with Crippen LogP contribution in [0.15, 0.2) is 54.6 Å². The quantitative estimate of drug-likeness (QED) is 0.157. The van der Waals surface area contributed by atoms with Crippen LogP contribution >= 0.6 is 0 Å². The van der Waals surface area contributed by atoms with E-state index in [1.165, 1.54) is 30.3 Å². The summed E-state index contributed by atoms with van der Waals surface area (Å²) < 4.78 is 30.7. The fourth-order valence-corrected chi connectivity index (χ4v) is 5.23. The third-order valence-electron chi connectivity index (χ3n) is 6.47. The number of ether oxygens (including phenoxy) is 1. The Balaban J connectivity index is 1.59. The van der Waals surface area contributed by atoms with Crippen LogP contribution in [0.4, 0.5) is 0 Å². The summed E-state index contributed by atoms with van der Waals surface area (Å²) in [6.45, 7) is -0.568. The number of carbonyl (C=O) groups excluding carboxylic acids is 3. The number of carboxylic acids is 1. The number of nitrogens with zero attached hydrogens (tertiary/aromatic N) is 1. The van der Waals surface area contributed by atoms with Gasteiger partial charge in [-0.2, -0.15) is 4.31 Å². The maximum absolute atomic E-state index is 13.0. The Labute approximate surface area is 238 Å². The van der Waals surface area contributed by atoms with E-state index in [0.717, 1.165) is 34.8 Å². The number of rotatable bonds is 8. The summed E-state index contributed by atoms with van der Waals surface area (Å²) in [6, 6.07) is 9.00. The van der Waals surface area contributed by atoms with Crippen LogP contribution in [0.5, 0.6) is 23.0 Å². The summed E-state index contributed by atoms with van der Waals surface area (Å²) in [5, 5.41) is 52.5. The van der Waals surface area contributed by atoms with Gasteiger partial charge in [-0.05, 0) is 48.5 Å². The number of phenolic OH excluding ortho intramolecular Hbond substituents is 4. The van der Waals surface area contributed by atoms with Gasteiger partial charge in [0.05, 0.1) is 35.5 Å². The summed E-state index contributed by atoms with van der Waals surface area (Å²) >= 11 is 0. The fraction of sp³-hybridized carbons (Fsp3) is 0.185. The average molecular weight is 601 g/mol. The van der Waals surface area contributed by atoms with Gasteiger partial charge < -0.3 is 35.6 Å². The first-order valence-corrected chi connectivity index (χ1v) is 13.9. The Kier molecular flexibility index (Phi) is 8.08. The second-order valence-corrected chi connectivity index (χ2v) is 11.4. The van der Waals surface area contributed by atoms with Crippen molar-refractivity contribution in [3.05, 3.63) is 82.4 Å². The summed E-state index contributed by atoms with van der Waals surface area (Å²) in [4.78, 5) is 50.3. The van der Waals surface area contributed by atoms with Crippen LogP contribution in [0.3, 0.4) is 0 Å². The predicted octanol–water partition coefficient (Wildman–Crippen LogP) is 1.04. The zero-order chi connectivity index (χ0) is 30.9. The average Bonchev–Trinajstić information content (AvgIpc) is 3.30. The number of nitrogens with one attached hydrogen (secondary N) is 1. The van der Waals surface area contributed by atoms with Crippen molar-refractivity contribution in [2.24, 2.45) is 0 Å². The molecule has 3 aromatic rings. The van der Waals surface area contributed by atoms with Gasteiger partial charge in [0, 0.05) is 12.1 Å². The van der Waals surface area contributed by atoms with E-state index in [0.29, 0.717) is 0 Å². The van der Waals surface area contributed by atoms with Gasteiger partial charge in [0.25, 0.3) is 5.91 Å². The lowest BCUT2D eigenvalue weighted by Crippen LogP contribution is -2.44. The molecule has 6 N–H and O–H groups in total. The standard InChI is InChI=1S/C27H24N2O12S/c1-42(39,40)29-11-17(28-25(35)13-5-7-15(30)8-6-13)21(12-29)41-27(38)14-9-19(32)23(20(33)10-14)24(34)22-16(26(36)37)3-2-4-18(22)31/h2-10,17,21,30-33H,11-12H2,1H3,(H,28,35)(H,36,37). The van der Waals surface area contributed by atoms with Crippen LogP contribution in [0.2, 0.25) is 0 Å². The van der Waals surface area contributed by atoms with Gasteiger partial charge >= 0.3 is 11.9 Å². The number of hydrogen-bond acceptors (Lipinski definition) is 11. The smallest absolute Gasteiger partial charge is 0.338 e. The zero-order valence-electron chi connectivity index (χ0n) is 21.7. The molecule has 2 atom stereocenters. The fourth-order valence-electron chi connectivity index (χ4n) is 4.38. The summed E-state index contributed by atoms with van der Waals surface area (Å²) in [5.74, 6) is -7.26. The molecule has 15 heteroatoms. The first-order chi connectivity index (χ1) is 19.7. The molecule has 14 nitrogen and oxygen atoms in total. The topological polar surface area (TPSA) is 228 Å². The maximum atomic E-state index is 13.0. The second-order valence-electron chi connectivity index (χ2n) is 9.37. The highest BCUT2D eigenvalue weighted by atomic mass is 32.2.